The highest BCUT2D eigenvalue weighted by Crippen LogP contribution is 2.24. The molecular weight excluding hydrogens is 206 g/mol. The van der Waals surface area contributed by atoms with E-state index < -0.39 is 0 Å². The van der Waals surface area contributed by atoms with Gasteiger partial charge in [0.25, 0.3) is 0 Å². The first kappa shape index (κ1) is 10.2. The maximum atomic E-state index is 6.12. The second-order valence-electron chi connectivity index (χ2n) is 3.27. The number of benzene rings is 1. The maximum absolute atomic E-state index is 6.12. The number of rotatable bonds is 3. The summed E-state index contributed by atoms with van der Waals surface area (Å²) in [4.78, 5) is 1.18. The summed E-state index contributed by atoms with van der Waals surface area (Å²) in [5.41, 5.74) is 7.23. The number of hydrogen-bond acceptors (Lipinski definition) is 3. The van der Waals surface area contributed by atoms with Crippen molar-refractivity contribution in [3.8, 4) is 5.75 Å². The molecule has 1 heterocycles. The lowest BCUT2D eigenvalue weighted by Gasteiger charge is -2.10. The maximum Gasteiger partial charge on any atom is 0.118 e. The fraction of sp³-hybridized carbons (Fsp3) is 0.167. The van der Waals surface area contributed by atoms with Gasteiger partial charge in [-0.25, -0.2) is 0 Å². The molecule has 78 valence electrons. The number of hydrogen-bond donors (Lipinski definition) is 1. The SMILES string of the molecule is COc1ccc([C@@H](N)c2cccs2)cc1. The Morgan fingerprint density at radius 1 is 1.20 bits per heavy atom. The lowest BCUT2D eigenvalue weighted by atomic mass is 10.1. The van der Waals surface area contributed by atoms with Crippen molar-refractivity contribution in [1.29, 1.82) is 0 Å². The average molecular weight is 219 g/mol. The van der Waals surface area contributed by atoms with Crippen molar-refractivity contribution >= 4 is 11.3 Å². The summed E-state index contributed by atoms with van der Waals surface area (Å²) < 4.78 is 5.10. The molecule has 0 bridgehead atoms. The van der Waals surface area contributed by atoms with Gasteiger partial charge in [-0.1, -0.05) is 18.2 Å². The summed E-state index contributed by atoms with van der Waals surface area (Å²) >= 11 is 1.68. The molecule has 1 aromatic heterocycles. The molecule has 2 rings (SSSR count). The zero-order valence-electron chi connectivity index (χ0n) is 8.51. The molecule has 1 atom stereocenters. The molecule has 15 heavy (non-hydrogen) atoms. The zero-order chi connectivity index (χ0) is 10.7. The van der Waals surface area contributed by atoms with E-state index in [0.717, 1.165) is 11.3 Å². The summed E-state index contributed by atoms with van der Waals surface area (Å²) in [7, 11) is 1.66. The normalized spacial score (nSPS) is 12.4. The first-order valence-electron chi connectivity index (χ1n) is 4.74. The van der Waals surface area contributed by atoms with E-state index in [1.807, 2.05) is 35.7 Å². The Morgan fingerprint density at radius 3 is 2.47 bits per heavy atom. The Labute approximate surface area is 93.3 Å². The van der Waals surface area contributed by atoms with Crippen LogP contribution in [-0.4, -0.2) is 7.11 Å². The van der Waals surface area contributed by atoms with Crippen molar-refractivity contribution in [3.05, 3.63) is 52.2 Å². The largest absolute Gasteiger partial charge is 0.497 e. The van der Waals surface area contributed by atoms with Crippen LogP contribution in [0.15, 0.2) is 41.8 Å². The second-order valence-corrected chi connectivity index (χ2v) is 4.25. The Hall–Kier alpha value is -1.32. The third-order valence-corrected chi connectivity index (χ3v) is 3.28. The van der Waals surface area contributed by atoms with E-state index in [0.29, 0.717) is 0 Å². The molecule has 3 heteroatoms. The summed E-state index contributed by atoms with van der Waals surface area (Å²) in [6, 6.07) is 11.9. The highest BCUT2D eigenvalue weighted by molar-refractivity contribution is 7.10. The molecule has 0 aliphatic heterocycles. The highest BCUT2D eigenvalue weighted by Gasteiger charge is 2.09. The average Bonchev–Trinajstić information content (AvgIpc) is 2.82. The Balaban J connectivity index is 2.22. The van der Waals surface area contributed by atoms with Crippen molar-refractivity contribution in [3.63, 3.8) is 0 Å². The second kappa shape index (κ2) is 4.47. The van der Waals surface area contributed by atoms with Gasteiger partial charge in [-0.2, -0.15) is 0 Å². The lowest BCUT2D eigenvalue weighted by molar-refractivity contribution is 0.414. The highest BCUT2D eigenvalue weighted by atomic mass is 32.1. The van der Waals surface area contributed by atoms with Crippen LogP contribution in [0.2, 0.25) is 0 Å². The van der Waals surface area contributed by atoms with Crippen LogP contribution in [0.25, 0.3) is 0 Å². The third kappa shape index (κ3) is 2.19. The van der Waals surface area contributed by atoms with Crippen molar-refractivity contribution in [2.45, 2.75) is 6.04 Å². The molecule has 2 nitrogen and oxygen atoms in total. The minimum atomic E-state index is -0.0316. The van der Waals surface area contributed by atoms with Gasteiger partial charge < -0.3 is 10.5 Å². The van der Waals surface area contributed by atoms with Gasteiger partial charge in [0.1, 0.15) is 5.75 Å². The van der Waals surface area contributed by atoms with Crippen LogP contribution >= 0.6 is 11.3 Å². The summed E-state index contributed by atoms with van der Waals surface area (Å²) in [5.74, 6) is 0.858. The van der Waals surface area contributed by atoms with E-state index in [4.69, 9.17) is 10.5 Å². The van der Waals surface area contributed by atoms with Crippen molar-refractivity contribution < 1.29 is 4.74 Å². The third-order valence-electron chi connectivity index (χ3n) is 2.32. The van der Waals surface area contributed by atoms with E-state index in [2.05, 4.69) is 6.07 Å². The van der Waals surface area contributed by atoms with Crippen molar-refractivity contribution in [2.75, 3.05) is 7.11 Å². The van der Waals surface area contributed by atoms with Gasteiger partial charge in [-0.15, -0.1) is 11.3 Å². The molecule has 0 fully saturated rings. The molecule has 0 saturated heterocycles. The molecular formula is C12H13NOS. The number of methoxy groups -OCH3 is 1. The molecule has 2 N–H and O–H groups in total. The Kier molecular flexibility index (Phi) is 3.04. The monoisotopic (exact) mass is 219 g/mol. The van der Waals surface area contributed by atoms with Crippen LogP contribution in [0.3, 0.4) is 0 Å². The standard InChI is InChI=1S/C12H13NOS/c1-14-10-6-4-9(5-7-10)12(13)11-3-2-8-15-11/h2-8,12H,13H2,1H3/t12-/m1/s1. The predicted octanol–water partition coefficient (Wildman–Crippen LogP) is 2.80. The van der Waals surface area contributed by atoms with Crippen molar-refractivity contribution in [2.24, 2.45) is 5.73 Å². The zero-order valence-corrected chi connectivity index (χ0v) is 9.33. The number of ether oxygens (including phenoxy) is 1. The van der Waals surface area contributed by atoms with Crippen LogP contribution in [0.1, 0.15) is 16.5 Å². The fourth-order valence-corrected chi connectivity index (χ4v) is 2.20. The van der Waals surface area contributed by atoms with Gasteiger partial charge in [-0.05, 0) is 29.1 Å². The first-order chi connectivity index (χ1) is 7.31. The molecule has 0 spiro atoms. The molecule has 0 radical (unpaired) electrons. The van der Waals surface area contributed by atoms with Gasteiger partial charge in [0.15, 0.2) is 0 Å². The van der Waals surface area contributed by atoms with Gasteiger partial charge in [-0.3, -0.25) is 0 Å². The van der Waals surface area contributed by atoms with E-state index in [9.17, 15) is 0 Å². The smallest absolute Gasteiger partial charge is 0.118 e. The molecule has 0 saturated carbocycles. The van der Waals surface area contributed by atoms with Crippen LogP contribution in [-0.2, 0) is 0 Å². The van der Waals surface area contributed by atoms with Gasteiger partial charge >= 0.3 is 0 Å². The lowest BCUT2D eigenvalue weighted by Crippen LogP contribution is -2.09. The molecule has 2 aromatic rings. The minimum Gasteiger partial charge on any atom is -0.497 e. The Morgan fingerprint density at radius 2 is 1.93 bits per heavy atom. The van der Waals surface area contributed by atoms with Crippen LogP contribution in [0, 0.1) is 0 Å². The van der Waals surface area contributed by atoms with Gasteiger partial charge in [0.05, 0.1) is 13.2 Å². The molecule has 1 aromatic carbocycles. The molecule has 0 amide bonds. The van der Waals surface area contributed by atoms with Crippen LogP contribution in [0.4, 0.5) is 0 Å². The van der Waals surface area contributed by atoms with Crippen LogP contribution < -0.4 is 10.5 Å². The van der Waals surface area contributed by atoms with E-state index in [-0.39, 0.29) is 6.04 Å². The first-order valence-corrected chi connectivity index (χ1v) is 5.62. The Bertz CT molecular complexity index is 408. The van der Waals surface area contributed by atoms with E-state index >= 15 is 0 Å². The van der Waals surface area contributed by atoms with Gasteiger partial charge in [0, 0.05) is 4.88 Å². The molecule has 0 aliphatic carbocycles. The molecule has 0 aliphatic rings. The molecule has 0 unspecified atom stereocenters. The predicted molar refractivity (Wildman–Crippen MR) is 63.3 cm³/mol. The summed E-state index contributed by atoms with van der Waals surface area (Å²) in [6.07, 6.45) is 0. The number of nitrogens with two attached hydrogens (primary N) is 1. The van der Waals surface area contributed by atoms with Crippen molar-refractivity contribution in [1.82, 2.24) is 0 Å². The quantitative estimate of drug-likeness (QED) is 0.861. The van der Waals surface area contributed by atoms with E-state index in [1.54, 1.807) is 18.4 Å². The number of thiophene rings is 1. The fourth-order valence-electron chi connectivity index (χ4n) is 1.44. The summed E-state index contributed by atoms with van der Waals surface area (Å²) in [5, 5.41) is 2.04. The minimum absolute atomic E-state index is 0.0316. The van der Waals surface area contributed by atoms with Gasteiger partial charge in [0.2, 0.25) is 0 Å². The summed E-state index contributed by atoms with van der Waals surface area (Å²) in [6.45, 7) is 0. The van der Waals surface area contributed by atoms with E-state index in [1.165, 1.54) is 4.88 Å². The topological polar surface area (TPSA) is 35.2 Å². The van der Waals surface area contributed by atoms with Crippen LogP contribution in [0.5, 0.6) is 5.75 Å².